The number of aromatic carboxylic acids is 1. The van der Waals surface area contributed by atoms with Crippen LogP contribution in [0.25, 0.3) is 0 Å². The van der Waals surface area contributed by atoms with Crippen LogP contribution in [0.5, 0.6) is 0 Å². The lowest BCUT2D eigenvalue weighted by molar-refractivity contribution is 0.0690. The molecule has 0 atom stereocenters. The molecular formula is C10H9Cl2N5O3. The molecule has 2 aromatic rings. The van der Waals surface area contributed by atoms with E-state index in [1.165, 1.54) is 16.9 Å². The van der Waals surface area contributed by atoms with Gasteiger partial charge in [-0.2, -0.15) is 0 Å². The molecule has 0 unspecified atom stereocenters. The first-order valence-corrected chi connectivity index (χ1v) is 6.18. The summed E-state index contributed by atoms with van der Waals surface area (Å²) in [6.45, 7) is 0.531. The highest BCUT2D eigenvalue weighted by atomic mass is 35.5. The maximum Gasteiger partial charge on any atom is 0.358 e. The number of carbonyl (C=O) groups excluding carboxylic acids is 1. The summed E-state index contributed by atoms with van der Waals surface area (Å²) < 4.78 is 1.32. The van der Waals surface area contributed by atoms with Crippen LogP contribution < -0.4 is 5.32 Å². The summed E-state index contributed by atoms with van der Waals surface area (Å²) in [6.07, 6.45) is 1.27. The number of nitrogens with zero attached hydrogens (tertiary/aromatic N) is 3. The molecule has 106 valence electrons. The molecule has 2 aromatic heterocycles. The van der Waals surface area contributed by atoms with E-state index in [1.807, 2.05) is 0 Å². The van der Waals surface area contributed by atoms with Gasteiger partial charge in [0.15, 0.2) is 5.69 Å². The number of rotatable bonds is 5. The molecule has 8 nitrogen and oxygen atoms in total. The van der Waals surface area contributed by atoms with Crippen molar-refractivity contribution in [2.24, 2.45) is 0 Å². The first-order chi connectivity index (χ1) is 9.47. The number of hydrogen-bond donors (Lipinski definition) is 3. The highest BCUT2D eigenvalue weighted by Crippen LogP contribution is 2.21. The van der Waals surface area contributed by atoms with Crippen LogP contribution in [0, 0.1) is 0 Å². The zero-order valence-electron chi connectivity index (χ0n) is 9.93. The maximum absolute atomic E-state index is 11.7. The minimum absolute atomic E-state index is 0.153. The largest absolute Gasteiger partial charge is 0.476 e. The van der Waals surface area contributed by atoms with Gasteiger partial charge in [-0.3, -0.25) is 4.79 Å². The maximum atomic E-state index is 11.7. The van der Waals surface area contributed by atoms with E-state index in [4.69, 9.17) is 28.3 Å². The molecule has 0 aliphatic carbocycles. The van der Waals surface area contributed by atoms with Gasteiger partial charge in [-0.1, -0.05) is 28.4 Å². The number of amides is 1. The number of aromatic amines is 1. The summed E-state index contributed by atoms with van der Waals surface area (Å²) in [6, 6.07) is 1.41. The number of H-pyrrole nitrogens is 1. The van der Waals surface area contributed by atoms with Crippen LogP contribution in [-0.2, 0) is 6.54 Å². The van der Waals surface area contributed by atoms with Crippen molar-refractivity contribution >= 4 is 35.1 Å². The Kier molecular flexibility index (Phi) is 4.26. The van der Waals surface area contributed by atoms with E-state index in [2.05, 4.69) is 20.6 Å². The molecule has 0 saturated heterocycles. The second kappa shape index (κ2) is 5.93. The number of hydrogen-bond acceptors (Lipinski definition) is 4. The predicted octanol–water partition coefficient (Wildman–Crippen LogP) is 1.04. The van der Waals surface area contributed by atoms with Gasteiger partial charge in [-0.25, -0.2) is 9.48 Å². The van der Waals surface area contributed by atoms with Crippen molar-refractivity contribution < 1.29 is 14.7 Å². The average Bonchev–Trinajstić information content (AvgIpc) is 2.98. The van der Waals surface area contributed by atoms with Crippen LogP contribution in [0.4, 0.5) is 0 Å². The molecule has 10 heteroatoms. The number of carboxylic acids is 1. The van der Waals surface area contributed by atoms with Crippen LogP contribution in [0.3, 0.4) is 0 Å². The zero-order valence-corrected chi connectivity index (χ0v) is 11.4. The molecule has 20 heavy (non-hydrogen) atoms. The fourth-order valence-corrected chi connectivity index (χ4v) is 1.72. The quantitative estimate of drug-likeness (QED) is 0.762. The van der Waals surface area contributed by atoms with Crippen molar-refractivity contribution in [2.75, 3.05) is 6.54 Å². The molecule has 0 spiro atoms. The summed E-state index contributed by atoms with van der Waals surface area (Å²) in [5.74, 6) is -1.53. The smallest absolute Gasteiger partial charge is 0.358 e. The van der Waals surface area contributed by atoms with Crippen LogP contribution in [0.1, 0.15) is 21.0 Å². The fourth-order valence-electron chi connectivity index (χ4n) is 1.41. The lowest BCUT2D eigenvalue weighted by Gasteiger charge is -2.03. The van der Waals surface area contributed by atoms with E-state index < -0.39 is 5.97 Å². The molecule has 2 heterocycles. The third-order valence-electron chi connectivity index (χ3n) is 2.35. The summed E-state index contributed by atoms with van der Waals surface area (Å²) in [7, 11) is 0. The topological polar surface area (TPSA) is 113 Å². The summed E-state index contributed by atoms with van der Waals surface area (Å²) in [5, 5.41) is 18.8. The molecule has 3 N–H and O–H groups in total. The summed E-state index contributed by atoms with van der Waals surface area (Å²) in [5.41, 5.74) is 0.0871. The van der Waals surface area contributed by atoms with E-state index in [1.54, 1.807) is 0 Å². The molecule has 2 rings (SSSR count). The number of aromatic nitrogens is 4. The second-order valence-electron chi connectivity index (χ2n) is 3.77. The van der Waals surface area contributed by atoms with Gasteiger partial charge in [0.25, 0.3) is 5.91 Å². The molecule has 0 saturated carbocycles. The van der Waals surface area contributed by atoms with E-state index in [-0.39, 0.29) is 40.6 Å². The fraction of sp³-hybridized carbons (Fsp3) is 0.200. The Morgan fingerprint density at radius 2 is 2.20 bits per heavy atom. The first kappa shape index (κ1) is 14.4. The summed E-state index contributed by atoms with van der Waals surface area (Å²) >= 11 is 11.4. The Labute approximate surface area is 122 Å². The van der Waals surface area contributed by atoms with Gasteiger partial charge in [0.05, 0.1) is 17.8 Å². The number of halogens is 2. The van der Waals surface area contributed by atoms with Gasteiger partial charge in [-0.15, -0.1) is 5.10 Å². The minimum Gasteiger partial charge on any atom is -0.476 e. The van der Waals surface area contributed by atoms with Gasteiger partial charge in [0.2, 0.25) is 0 Å². The van der Waals surface area contributed by atoms with E-state index in [0.29, 0.717) is 0 Å². The lowest BCUT2D eigenvalue weighted by Crippen LogP contribution is -2.27. The van der Waals surface area contributed by atoms with Gasteiger partial charge in [-0.05, 0) is 6.07 Å². The molecule has 1 amide bonds. The van der Waals surface area contributed by atoms with Crippen LogP contribution in [-0.4, -0.2) is 43.5 Å². The number of carboxylic acid groups (broad SMARTS) is 1. The summed E-state index contributed by atoms with van der Waals surface area (Å²) in [4.78, 5) is 24.9. The molecule has 0 aliphatic rings. The SMILES string of the molecule is O=C(O)c1cn(CCNC(=O)c2cc(Cl)c(Cl)[nH]2)nn1. The third kappa shape index (κ3) is 3.28. The van der Waals surface area contributed by atoms with Crippen LogP contribution >= 0.6 is 23.2 Å². The van der Waals surface area contributed by atoms with Crippen molar-refractivity contribution in [3.05, 3.63) is 33.8 Å². The minimum atomic E-state index is -1.16. The second-order valence-corrected chi connectivity index (χ2v) is 4.56. The molecule has 0 fully saturated rings. The van der Waals surface area contributed by atoms with Crippen molar-refractivity contribution in [1.29, 1.82) is 0 Å². The van der Waals surface area contributed by atoms with Crippen molar-refractivity contribution in [3.63, 3.8) is 0 Å². The monoisotopic (exact) mass is 317 g/mol. The Morgan fingerprint density at radius 3 is 2.75 bits per heavy atom. The van der Waals surface area contributed by atoms with Crippen LogP contribution in [0.15, 0.2) is 12.3 Å². The van der Waals surface area contributed by atoms with E-state index in [0.717, 1.165) is 0 Å². The molecule has 0 bridgehead atoms. The highest BCUT2D eigenvalue weighted by Gasteiger charge is 2.11. The Balaban J connectivity index is 1.86. The van der Waals surface area contributed by atoms with Crippen LogP contribution in [0.2, 0.25) is 10.2 Å². The van der Waals surface area contributed by atoms with Gasteiger partial charge in [0, 0.05) is 6.54 Å². The van der Waals surface area contributed by atoms with Gasteiger partial charge < -0.3 is 15.4 Å². The Bertz CT molecular complexity index is 632. The molecular weight excluding hydrogens is 309 g/mol. The molecule has 0 radical (unpaired) electrons. The molecule has 0 aliphatic heterocycles. The normalized spacial score (nSPS) is 10.5. The predicted molar refractivity (Wildman–Crippen MR) is 70.1 cm³/mol. The first-order valence-electron chi connectivity index (χ1n) is 5.43. The van der Waals surface area contributed by atoms with Crippen molar-refractivity contribution in [1.82, 2.24) is 25.3 Å². The number of carbonyl (C=O) groups is 2. The van der Waals surface area contributed by atoms with Gasteiger partial charge in [0.1, 0.15) is 10.8 Å². The van der Waals surface area contributed by atoms with Gasteiger partial charge >= 0.3 is 5.97 Å². The zero-order chi connectivity index (χ0) is 14.7. The average molecular weight is 318 g/mol. The Morgan fingerprint density at radius 1 is 1.45 bits per heavy atom. The molecule has 0 aromatic carbocycles. The standard InChI is InChI=1S/C10H9Cl2N5O3/c11-5-3-6(14-8(5)12)9(18)13-1-2-17-4-7(10(19)20)15-16-17/h3-4,14H,1-2H2,(H,13,18)(H,19,20). The third-order valence-corrected chi connectivity index (χ3v) is 3.05. The van der Waals surface area contributed by atoms with Crippen molar-refractivity contribution in [3.8, 4) is 0 Å². The Hall–Kier alpha value is -2.06. The van der Waals surface area contributed by atoms with E-state index >= 15 is 0 Å². The number of nitrogens with one attached hydrogen (secondary N) is 2. The van der Waals surface area contributed by atoms with E-state index in [9.17, 15) is 9.59 Å². The van der Waals surface area contributed by atoms with Crippen molar-refractivity contribution in [2.45, 2.75) is 6.54 Å². The lowest BCUT2D eigenvalue weighted by atomic mass is 10.4. The highest BCUT2D eigenvalue weighted by molar-refractivity contribution is 6.41.